The molecule has 0 amide bonds. The molecule has 0 N–H and O–H groups in total. The van der Waals surface area contributed by atoms with E-state index >= 15 is 0 Å². The van der Waals surface area contributed by atoms with E-state index in [9.17, 15) is 0 Å². The van der Waals surface area contributed by atoms with Gasteiger partial charge in [-0.2, -0.15) is 0 Å². The number of hydrogen-bond acceptors (Lipinski definition) is 1. The number of ether oxygens (including phenoxy) is 1. The Balaban J connectivity index is 1.84. The highest BCUT2D eigenvalue weighted by Gasteiger charge is 2.20. The zero-order valence-corrected chi connectivity index (χ0v) is 11.9. The average Bonchev–Trinajstić information content (AvgIpc) is 2.33. The van der Waals surface area contributed by atoms with E-state index in [1.54, 1.807) is 0 Å². The minimum Gasteiger partial charge on any atom is -0.490 e. The second kappa shape index (κ2) is 5.89. The molecule has 1 saturated carbocycles. The van der Waals surface area contributed by atoms with E-state index < -0.39 is 0 Å². The minimum atomic E-state index is 0.447. The smallest absolute Gasteiger partial charge is 0.119 e. The summed E-state index contributed by atoms with van der Waals surface area (Å²) in [5.41, 5.74) is 0. The molecule has 88 valence electrons. The third-order valence-electron chi connectivity index (χ3n) is 3.49. The highest BCUT2D eigenvalue weighted by atomic mass is 127. The Hall–Kier alpha value is -0.250. The molecule has 0 bridgehead atoms. The van der Waals surface area contributed by atoms with Gasteiger partial charge in [0.15, 0.2) is 0 Å². The van der Waals surface area contributed by atoms with E-state index in [1.807, 2.05) is 0 Å². The zero-order valence-electron chi connectivity index (χ0n) is 9.79. The van der Waals surface area contributed by atoms with Gasteiger partial charge in [-0.3, -0.25) is 0 Å². The van der Waals surface area contributed by atoms with Crippen LogP contribution in [0.5, 0.6) is 5.75 Å². The molecule has 1 aliphatic carbocycles. The summed E-state index contributed by atoms with van der Waals surface area (Å²) in [6, 6.07) is 8.36. The van der Waals surface area contributed by atoms with Crippen molar-refractivity contribution in [3.63, 3.8) is 0 Å². The summed E-state index contributed by atoms with van der Waals surface area (Å²) in [4.78, 5) is 0. The van der Waals surface area contributed by atoms with Crippen molar-refractivity contribution in [2.75, 3.05) is 0 Å². The van der Waals surface area contributed by atoms with Crippen molar-refractivity contribution in [1.29, 1.82) is 0 Å². The van der Waals surface area contributed by atoms with Crippen molar-refractivity contribution < 1.29 is 4.74 Å². The third-order valence-corrected chi connectivity index (χ3v) is 4.21. The largest absolute Gasteiger partial charge is 0.490 e. The van der Waals surface area contributed by atoms with Crippen molar-refractivity contribution in [2.24, 2.45) is 5.92 Å². The maximum Gasteiger partial charge on any atom is 0.119 e. The summed E-state index contributed by atoms with van der Waals surface area (Å²) in [6.07, 6.45) is 6.91. The summed E-state index contributed by atoms with van der Waals surface area (Å²) in [7, 11) is 0. The quantitative estimate of drug-likeness (QED) is 0.734. The van der Waals surface area contributed by atoms with Crippen LogP contribution in [0.4, 0.5) is 0 Å². The first-order chi connectivity index (χ1) is 7.78. The van der Waals surface area contributed by atoms with Crippen LogP contribution in [-0.4, -0.2) is 6.10 Å². The molecular formula is C14H19IO. The van der Waals surface area contributed by atoms with Crippen molar-refractivity contribution in [3.05, 3.63) is 27.8 Å². The molecule has 0 aromatic heterocycles. The molecule has 0 heterocycles. The van der Waals surface area contributed by atoms with Gasteiger partial charge in [-0.15, -0.1) is 0 Å². The number of hydrogen-bond donors (Lipinski definition) is 0. The second-order valence-corrected chi connectivity index (χ2v) is 5.87. The van der Waals surface area contributed by atoms with Crippen LogP contribution in [0.3, 0.4) is 0 Å². The monoisotopic (exact) mass is 330 g/mol. The van der Waals surface area contributed by atoms with Crippen LogP contribution in [0, 0.1) is 9.49 Å². The van der Waals surface area contributed by atoms with Crippen LogP contribution in [-0.2, 0) is 0 Å². The lowest BCUT2D eigenvalue weighted by Crippen LogP contribution is -2.23. The molecule has 0 spiro atoms. The fraction of sp³-hybridized carbons (Fsp3) is 0.571. The molecule has 1 nitrogen and oxygen atoms in total. The van der Waals surface area contributed by atoms with E-state index in [2.05, 4.69) is 53.8 Å². The standard InChI is InChI=1S/C14H19IO/c1-2-11-3-7-13(8-4-11)16-14-9-5-12(15)6-10-14/h5-6,9-11,13H,2-4,7-8H2,1H3. The molecule has 0 radical (unpaired) electrons. The molecule has 2 rings (SSSR count). The highest BCUT2D eigenvalue weighted by molar-refractivity contribution is 14.1. The van der Waals surface area contributed by atoms with E-state index in [0.29, 0.717) is 6.10 Å². The van der Waals surface area contributed by atoms with Crippen molar-refractivity contribution in [3.8, 4) is 5.75 Å². The summed E-state index contributed by atoms with van der Waals surface area (Å²) in [5.74, 6) is 1.97. The first-order valence-electron chi connectivity index (χ1n) is 6.20. The highest BCUT2D eigenvalue weighted by Crippen LogP contribution is 2.29. The average molecular weight is 330 g/mol. The predicted octanol–water partition coefficient (Wildman–Crippen LogP) is 4.64. The summed E-state index contributed by atoms with van der Waals surface area (Å²) in [6.45, 7) is 2.30. The van der Waals surface area contributed by atoms with Gasteiger partial charge in [0.25, 0.3) is 0 Å². The van der Waals surface area contributed by atoms with Crippen LogP contribution in [0.25, 0.3) is 0 Å². The summed E-state index contributed by atoms with van der Waals surface area (Å²) < 4.78 is 7.26. The fourth-order valence-corrected chi connectivity index (χ4v) is 2.72. The van der Waals surface area contributed by atoms with Gasteiger partial charge in [0, 0.05) is 3.57 Å². The van der Waals surface area contributed by atoms with Crippen LogP contribution in [0.2, 0.25) is 0 Å². The number of rotatable bonds is 3. The molecule has 0 atom stereocenters. The molecule has 1 fully saturated rings. The third kappa shape index (κ3) is 3.37. The van der Waals surface area contributed by atoms with Crippen LogP contribution in [0.1, 0.15) is 39.0 Å². The Kier molecular flexibility index (Phi) is 4.50. The predicted molar refractivity (Wildman–Crippen MR) is 75.8 cm³/mol. The fourth-order valence-electron chi connectivity index (χ4n) is 2.36. The first kappa shape index (κ1) is 12.2. The van der Waals surface area contributed by atoms with Crippen LogP contribution < -0.4 is 4.74 Å². The van der Waals surface area contributed by atoms with Crippen LogP contribution >= 0.6 is 22.6 Å². The molecule has 16 heavy (non-hydrogen) atoms. The SMILES string of the molecule is CCC1CCC(Oc2ccc(I)cc2)CC1. The molecular weight excluding hydrogens is 311 g/mol. The molecule has 0 unspecified atom stereocenters. The maximum atomic E-state index is 6.00. The molecule has 2 heteroatoms. The molecule has 0 aliphatic heterocycles. The van der Waals surface area contributed by atoms with Gasteiger partial charge in [-0.1, -0.05) is 13.3 Å². The summed E-state index contributed by atoms with van der Waals surface area (Å²) in [5, 5.41) is 0. The Bertz CT molecular complexity index is 312. The summed E-state index contributed by atoms with van der Waals surface area (Å²) >= 11 is 2.32. The van der Waals surface area contributed by atoms with Crippen molar-refractivity contribution >= 4 is 22.6 Å². The Morgan fingerprint density at radius 1 is 1.12 bits per heavy atom. The van der Waals surface area contributed by atoms with E-state index in [-0.39, 0.29) is 0 Å². The minimum absolute atomic E-state index is 0.447. The molecule has 1 aromatic rings. The van der Waals surface area contributed by atoms with Gasteiger partial charge in [0.1, 0.15) is 5.75 Å². The molecule has 0 saturated heterocycles. The number of halogens is 1. The topological polar surface area (TPSA) is 9.23 Å². The lowest BCUT2D eigenvalue weighted by atomic mass is 9.86. The van der Waals surface area contributed by atoms with Gasteiger partial charge < -0.3 is 4.74 Å². The van der Waals surface area contributed by atoms with E-state index in [1.165, 1.54) is 35.7 Å². The second-order valence-electron chi connectivity index (χ2n) is 4.62. The van der Waals surface area contributed by atoms with Gasteiger partial charge in [-0.25, -0.2) is 0 Å². The Morgan fingerprint density at radius 2 is 1.75 bits per heavy atom. The van der Waals surface area contributed by atoms with Crippen LogP contribution in [0.15, 0.2) is 24.3 Å². The van der Waals surface area contributed by atoms with Gasteiger partial charge >= 0.3 is 0 Å². The lowest BCUT2D eigenvalue weighted by Gasteiger charge is -2.28. The Morgan fingerprint density at radius 3 is 2.31 bits per heavy atom. The number of benzene rings is 1. The van der Waals surface area contributed by atoms with Crippen molar-refractivity contribution in [2.45, 2.75) is 45.1 Å². The normalized spacial score (nSPS) is 25.4. The lowest BCUT2D eigenvalue weighted by molar-refractivity contribution is 0.130. The Labute approximate surface area is 112 Å². The van der Waals surface area contributed by atoms with Crippen molar-refractivity contribution in [1.82, 2.24) is 0 Å². The molecule has 1 aliphatic rings. The maximum absolute atomic E-state index is 6.00. The van der Waals surface area contributed by atoms with E-state index in [0.717, 1.165) is 11.7 Å². The van der Waals surface area contributed by atoms with Gasteiger partial charge in [0.2, 0.25) is 0 Å². The zero-order chi connectivity index (χ0) is 11.4. The first-order valence-corrected chi connectivity index (χ1v) is 7.28. The van der Waals surface area contributed by atoms with E-state index in [4.69, 9.17) is 4.74 Å². The van der Waals surface area contributed by atoms with Gasteiger partial charge in [0.05, 0.1) is 6.10 Å². The molecule has 1 aromatic carbocycles. The van der Waals surface area contributed by atoms with Gasteiger partial charge in [-0.05, 0) is 78.5 Å².